The van der Waals surface area contributed by atoms with Crippen molar-refractivity contribution in [2.24, 2.45) is 5.92 Å². The third kappa shape index (κ3) is 7.03. The summed E-state index contributed by atoms with van der Waals surface area (Å²) < 4.78 is 19.2. The molecule has 0 aliphatic heterocycles. The molecule has 0 radical (unpaired) electrons. The second kappa shape index (κ2) is 5.46. The van der Waals surface area contributed by atoms with Crippen LogP contribution in [0.4, 0.5) is 0 Å². The van der Waals surface area contributed by atoms with Crippen LogP contribution in [-0.2, 0) is 18.6 Å². The lowest BCUT2D eigenvalue weighted by Gasteiger charge is -2.15. The lowest BCUT2D eigenvalue weighted by atomic mass is 10.2. The quantitative estimate of drug-likeness (QED) is 0.529. The molecule has 0 aromatic heterocycles. The minimum absolute atomic E-state index is 0.271. The van der Waals surface area contributed by atoms with E-state index in [4.69, 9.17) is 14.5 Å². The van der Waals surface area contributed by atoms with Gasteiger partial charge in [-0.1, -0.05) is 13.8 Å². The second-order valence-electron chi connectivity index (χ2n) is 3.19. The highest BCUT2D eigenvalue weighted by molar-refractivity contribution is 7.46. The summed E-state index contributed by atoms with van der Waals surface area (Å²) in [6.07, 6.45) is -0.669. The Hall–Kier alpha value is -0.420. The fourth-order valence-electron chi connectivity index (χ4n) is 0.570. The first kappa shape index (κ1) is 13.6. The molecule has 0 aliphatic carbocycles. The average Bonchev–Trinajstić information content (AvgIpc) is 1.99. The van der Waals surface area contributed by atoms with Crippen molar-refractivity contribution in [1.82, 2.24) is 0 Å². The second-order valence-corrected chi connectivity index (χ2v) is 4.43. The summed E-state index contributed by atoms with van der Waals surface area (Å²) >= 11 is 0. The minimum Gasteiger partial charge on any atom is -0.460 e. The van der Waals surface area contributed by atoms with Crippen LogP contribution in [-0.4, -0.2) is 28.5 Å². The summed E-state index contributed by atoms with van der Waals surface area (Å²) in [5, 5.41) is 0. The Morgan fingerprint density at radius 3 is 2.21 bits per heavy atom. The third-order valence-corrected chi connectivity index (χ3v) is 1.75. The summed E-state index contributed by atoms with van der Waals surface area (Å²) in [4.78, 5) is 27.7. The number of ether oxygens (including phenoxy) is 1. The van der Waals surface area contributed by atoms with E-state index >= 15 is 0 Å². The Balaban J connectivity index is 3.82. The van der Waals surface area contributed by atoms with Gasteiger partial charge in [0.15, 0.2) is 0 Å². The van der Waals surface area contributed by atoms with Crippen molar-refractivity contribution in [3.8, 4) is 0 Å². The molecule has 0 fully saturated rings. The van der Waals surface area contributed by atoms with E-state index in [1.54, 1.807) is 13.8 Å². The summed E-state index contributed by atoms with van der Waals surface area (Å²) in [6, 6.07) is 0. The molecule has 0 aliphatic rings. The fourth-order valence-corrected chi connectivity index (χ4v) is 0.975. The van der Waals surface area contributed by atoms with Crippen LogP contribution < -0.4 is 0 Å². The third-order valence-electron chi connectivity index (χ3n) is 1.27. The number of hydrogen-bond donors (Lipinski definition) is 2. The van der Waals surface area contributed by atoms with E-state index in [1.165, 1.54) is 6.92 Å². The smallest absolute Gasteiger partial charge is 0.460 e. The van der Waals surface area contributed by atoms with Crippen molar-refractivity contribution >= 4 is 13.8 Å². The van der Waals surface area contributed by atoms with Crippen LogP contribution in [0.1, 0.15) is 20.8 Å². The average molecular weight is 226 g/mol. The Kier molecular flexibility index (Phi) is 5.29. The molecule has 84 valence electrons. The zero-order valence-corrected chi connectivity index (χ0v) is 9.23. The molecule has 0 saturated carbocycles. The number of carbonyl (C=O) groups is 1. The predicted molar refractivity (Wildman–Crippen MR) is 48.4 cm³/mol. The molecule has 0 bridgehead atoms. The van der Waals surface area contributed by atoms with E-state index < -0.39 is 19.9 Å². The van der Waals surface area contributed by atoms with Gasteiger partial charge in [0.1, 0.15) is 6.10 Å². The van der Waals surface area contributed by atoms with Crippen LogP contribution in [0, 0.1) is 5.92 Å². The topological polar surface area (TPSA) is 93.1 Å². The zero-order valence-electron chi connectivity index (χ0n) is 8.34. The molecule has 1 unspecified atom stereocenters. The molecule has 0 spiro atoms. The molecule has 1 atom stereocenters. The van der Waals surface area contributed by atoms with Gasteiger partial charge >= 0.3 is 13.8 Å². The van der Waals surface area contributed by atoms with Gasteiger partial charge in [0.25, 0.3) is 0 Å². The van der Waals surface area contributed by atoms with Crippen LogP contribution in [0.2, 0.25) is 0 Å². The summed E-state index contributed by atoms with van der Waals surface area (Å²) in [7, 11) is -4.48. The van der Waals surface area contributed by atoms with Gasteiger partial charge in [-0.05, 0) is 6.92 Å². The van der Waals surface area contributed by atoms with E-state index in [-0.39, 0.29) is 12.5 Å². The van der Waals surface area contributed by atoms with Gasteiger partial charge < -0.3 is 14.5 Å². The molecule has 0 saturated heterocycles. The first-order valence-corrected chi connectivity index (χ1v) is 5.66. The molecular weight excluding hydrogens is 211 g/mol. The molecule has 7 heteroatoms. The predicted octanol–water partition coefficient (Wildman–Crippen LogP) is 0.683. The molecule has 0 heterocycles. The van der Waals surface area contributed by atoms with Crippen molar-refractivity contribution in [2.45, 2.75) is 26.9 Å². The van der Waals surface area contributed by atoms with Crippen LogP contribution in [0.5, 0.6) is 0 Å². The monoisotopic (exact) mass is 226 g/mol. The van der Waals surface area contributed by atoms with E-state index in [0.29, 0.717) is 0 Å². The standard InChI is InChI=1S/C7H15O6P/c1-5(2)7(8)13-6(3)4-12-14(9,10)11/h5-6H,4H2,1-3H3,(H2,9,10,11). The number of esters is 1. The molecule has 0 rings (SSSR count). The SMILES string of the molecule is CC(COP(=O)(O)O)OC(=O)C(C)C. The highest BCUT2D eigenvalue weighted by Gasteiger charge is 2.18. The van der Waals surface area contributed by atoms with Crippen LogP contribution in [0.3, 0.4) is 0 Å². The molecule has 6 nitrogen and oxygen atoms in total. The first-order valence-electron chi connectivity index (χ1n) is 4.13. The van der Waals surface area contributed by atoms with Crippen LogP contribution >= 0.6 is 7.82 Å². The molecule has 0 aromatic rings. The maximum absolute atomic E-state index is 11.0. The molecule has 0 amide bonds. The highest BCUT2D eigenvalue weighted by atomic mass is 31.2. The molecule has 0 aromatic carbocycles. The molecule has 2 N–H and O–H groups in total. The lowest BCUT2D eigenvalue weighted by Crippen LogP contribution is -2.22. The Bertz CT molecular complexity index is 232. The number of rotatable bonds is 5. The van der Waals surface area contributed by atoms with E-state index in [0.717, 1.165) is 0 Å². The van der Waals surface area contributed by atoms with Crippen LogP contribution in [0.15, 0.2) is 0 Å². The molecule has 14 heavy (non-hydrogen) atoms. The number of carbonyl (C=O) groups excluding carboxylic acids is 1. The van der Waals surface area contributed by atoms with Gasteiger partial charge in [-0.2, -0.15) is 0 Å². The minimum atomic E-state index is -4.48. The van der Waals surface area contributed by atoms with Crippen molar-refractivity contribution in [2.75, 3.05) is 6.61 Å². The first-order chi connectivity index (χ1) is 6.22. The summed E-state index contributed by atoms with van der Waals surface area (Å²) in [6.45, 7) is 4.51. The number of phosphoric acid groups is 1. The Morgan fingerprint density at radius 2 is 1.86 bits per heavy atom. The van der Waals surface area contributed by atoms with Gasteiger partial charge in [-0.25, -0.2) is 4.57 Å². The van der Waals surface area contributed by atoms with Crippen molar-refractivity contribution < 1.29 is 28.4 Å². The lowest BCUT2D eigenvalue weighted by molar-refractivity contribution is -0.153. The maximum atomic E-state index is 11.0. The molecular formula is C7H15O6P. The largest absolute Gasteiger partial charge is 0.469 e. The van der Waals surface area contributed by atoms with Crippen molar-refractivity contribution in [3.63, 3.8) is 0 Å². The van der Waals surface area contributed by atoms with Gasteiger partial charge in [0, 0.05) is 0 Å². The van der Waals surface area contributed by atoms with E-state index in [9.17, 15) is 9.36 Å². The van der Waals surface area contributed by atoms with E-state index in [2.05, 4.69) is 4.52 Å². The van der Waals surface area contributed by atoms with Crippen molar-refractivity contribution in [3.05, 3.63) is 0 Å². The fraction of sp³-hybridized carbons (Fsp3) is 0.857. The zero-order chi connectivity index (χ0) is 11.4. The van der Waals surface area contributed by atoms with Gasteiger partial charge in [-0.3, -0.25) is 9.32 Å². The number of phosphoric ester groups is 1. The van der Waals surface area contributed by atoms with Gasteiger partial charge in [-0.15, -0.1) is 0 Å². The summed E-state index contributed by atoms with van der Waals surface area (Å²) in [5.74, 6) is -0.695. The van der Waals surface area contributed by atoms with Gasteiger partial charge in [0.2, 0.25) is 0 Å². The van der Waals surface area contributed by atoms with Crippen molar-refractivity contribution in [1.29, 1.82) is 0 Å². The normalized spacial score (nSPS) is 14.1. The Labute approximate surface area is 82.5 Å². The Morgan fingerprint density at radius 1 is 1.36 bits per heavy atom. The maximum Gasteiger partial charge on any atom is 0.469 e. The van der Waals surface area contributed by atoms with Crippen LogP contribution in [0.25, 0.3) is 0 Å². The number of hydrogen-bond acceptors (Lipinski definition) is 4. The van der Waals surface area contributed by atoms with E-state index in [1.807, 2.05) is 0 Å². The highest BCUT2D eigenvalue weighted by Crippen LogP contribution is 2.35. The summed E-state index contributed by atoms with van der Waals surface area (Å²) in [5.41, 5.74) is 0. The van der Waals surface area contributed by atoms with Gasteiger partial charge in [0.05, 0.1) is 12.5 Å².